The van der Waals surface area contributed by atoms with E-state index in [-0.39, 0.29) is 5.56 Å². The molecule has 2 aliphatic rings. The molecular weight excluding hydrogens is 373 g/mol. The Morgan fingerprint density at radius 2 is 1.76 bits per heavy atom. The van der Waals surface area contributed by atoms with Gasteiger partial charge in [0.05, 0.1) is 18.4 Å². The average Bonchev–Trinajstić information content (AvgIpc) is 2.94. The number of hydrogen-bond acceptors (Lipinski definition) is 3. The highest BCUT2D eigenvalue weighted by atomic mass is 19.1. The number of aryl methyl sites for hydroxylation is 1. The Morgan fingerprint density at radius 1 is 1.03 bits per heavy atom. The van der Waals surface area contributed by atoms with E-state index < -0.39 is 17.5 Å². The number of ether oxygens (including phenoxy) is 1. The van der Waals surface area contributed by atoms with Crippen molar-refractivity contribution in [2.24, 2.45) is 0 Å². The summed E-state index contributed by atoms with van der Waals surface area (Å²) in [5, 5.41) is 0. The molecule has 0 bridgehead atoms. The number of piperazine rings is 1. The van der Waals surface area contributed by atoms with Crippen molar-refractivity contribution < 1.29 is 28.5 Å². The number of nitrogens with zero attached hydrogens (tertiary/aromatic N) is 1. The molecule has 2 aromatic rings. The zero-order valence-corrected chi connectivity index (χ0v) is 16.8. The first-order chi connectivity index (χ1) is 14.0. The van der Waals surface area contributed by atoms with E-state index >= 15 is 0 Å². The number of halogens is 1. The van der Waals surface area contributed by atoms with Crippen molar-refractivity contribution in [2.75, 3.05) is 44.9 Å². The lowest BCUT2D eigenvalue weighted by molar-refractivity contribution is -1.02. The summed E-state index contributed by atoms with van der Waals surface area (Å²) in [7, 11) is 1.70. The number of fused-ring (bicyclic) bond motifs is 1. The van der Waals surface area contributed by atoms with Crippen LogP contribution in [0.15, 0.2) is 36.4 Å². The third-order valence-corrected chi connectivity index (χ3v) is 5.86. The predicted octanol–water partition coefficient (Wildman–Crippen LogP) is -0.387. The summed E-state index contributed by atoms with van der Waals surface area (Å²) < 4.78 is 18.9. The molecule has 4 rings (SSSR count). The number of carbonyl (C=O) groups is 2. The fraction of sp³-hybridized carbons (Fsp3) is 0.364. The molecule has 2 aliphatic heterocycles. The second-order valence-electron chi connectivity index (χ2n) is 7.87. The number of nitrogens with one attached hydrogen (secondary N) is 2. The Labute approximate surface area is 169 Å². The van der Waals surface area contributed by atoms with Crippen LogP contribution in [0.5, 0.6) is 5.75 Å². The van der Waals surface area contributed by atoms with Gasteiger partial charge >= 0.3 is 5.91 Å². The van der Waals surface area contributed by atoms with Crippen molar-refractivity contribution in [3.05, 3.63) is 58.9 Å². The molecule has 0 aliphatic carbocycles. The minimum absolute atomic E-state index is 0.171. The van der Waals surface area contributed by atoms with E-state index in [4.69, 9.17) is 4.74 Å². The van der Waals surface area contributed by atoms with Gasteiger partial charge in [-0.25, -0.2) is 4.39 Å². The van der Waals surface area contributed by atoms with Gasteiger partial charge in [-0.3, -0.25) is 14.5 Å². The second-order valence-corrected chi connectivity index (χ2v) is 7.87. The first kappa shape index (κ1) is 19.5. The molecule has 0 unspecified atom stereocenters. The zero-order chi connectivity index (χ0) is 20.5. The highest BCUT2D eigenvalue weighted by molar-refractivity contribution is 6.52. The van der Waals surface area contributed by atoms with Crippen molar-refractivity contribution in [1.82, 2.24) is 0 Å². The Bertz CT molecular complexity index is 954. The van der Waals surface area contributed by atoms with Gasteiger partial charge in [-0.15, -0.1) is 0 Å². The molecule has 1 saturated heterocycles. The van der Waals surface area contributed by atoms with Crippen LogP contribution in [0, 0.1) is 12.7 Å². The Morgan fingerprint density at radius 3 is 2.48 bits per heavy atom. The molecule has 0 atom stereocenters. The highest BCUT2D eigenvalue weighted by Crippen LogP contribution is 2.28. The van der Waals surface area contributed by atoms with E-state index in [1.165, 1.54) is 38.0 Å². The number of rotatable bonds is 5. The normalized spacial score (nSPS) is 21.4. The molecular formula is C22H26FN3O3+2. The second kappa shape index (κ2) is 7.93. The van der Waals surface area contributed by atoms with E-state index in [0.29, 0.717) is 12.4 Å². The van der Waals surface area contributed by atoms with Gasteiger partial charge in [0.1, 0.15) is 44.3 Å². The SMILES string of the molecule is COc1ccc(C)cc1C[NH+]1CC[NH+](CN2C(=O)C(=O)c3cc(F)ccc32)CC1. The van der Waals surface area contributed by atoms with Crippen LogP contribution in [0.3, 0.4) is 0 Å². The van der Waals surface area contributed by atoms with Gasteiger partial charge in [-0.05, 0) is 37.3 Å². The fourth-order valence-electron chi connectivity index (χ4n) is 4.26. The number of hydrogen-bond donors (Lipinski definition) is 2. The lowest BCUT2D eigenvalue weighted by atomic mass is 10.1. The van der Waals surface area contributed by atoms with E-state index in [1.807, 2.05) is 6.07 Å². The summed E-state index contributed by atoms with van der Waals surface area (Å²) in [4.78, 5) is 28.8. The summed E-state index contributed by atoms with van der Waals surface area (Å²) >= 11 is 0. The van der Waals surface area contributed by atoms with E-state index in [2.05, 4.69) is 19.1 Å². The first-order valence-electron chi connectivity index (χ1n) is 9.92. The Kier molecular flexibility index (Phi) is 5.34. The maximum atomic E-state index is 13.5. The Hall–Kier alpha value is -2.77. The van der Waals surface area contributed by atoms with Crippen LogP contribution in [0.2, 0.25) is 0 Å². The van der Waals surface area contributed by atoms with Gasteiger partial charge in [0, 0.05) is 5.56 Å². The predicted molar refractivity (Wildman–Crippen MR) is 106 cm³/mol. The maximum absolute atomic E-state index is 13.5. The Balaban J connectivity index is 1.38. The number of carbonyl (C=O) groups excluding carboxylic acids is 2. The molecule has 152 valence electrons. The fourth-order valence-corrected chi connectivity index (χ4v) is 4.26. The van der Waals surface area contributed by atoms with Crippen LogP contribution in [-0.4, -0.2) is 51.6 Å². The number of ketones is 1. The lowest BCUT2D eigenvalue weighted by Gasteiger charge is -2.32. The quantitative estimate of drug-likeness (QED) is 0.674. The highest BCUT2D eigenvalue weighted by Gasteiger charge is 2.39. The minimum atomic E-state index is -0.616. The van der Waals surface area contributed by atoms with Gasteiger partial charge in [0.15, 0.2) is 6.67 Å². The molecule has 0 spiro atoms. The number of quaternary nitrogens is 2. The zero-order valence-electron chi connectivity index (χ0n) is 16.8. The van der Waals surface area contributed by atoms with Crippen molar-refractivity contribution in [3.8, 4) is 5.75 Å². The first-order valence-corrected chi connectivity index (χ1v) is 9.92. The van der Waals surface area contributed by atoms with E-state index in [1.54, 1.807) is 7.11 Å². The number of methoxy groups -OCH3 is 1. The average molecular weight is 399 g/mol. The van der Waals surface area contributed by atoms with Crippen LogP contribution in [0.4, 0.5) is 10.1 Å². The van der Waals surface area contributed by atoms with Crippen LogP contribution in [0.25, 0.3) is 0 Å². The van der Waals surface area contributed by atoms with Gasteiger partial charge < -0.3 is 14.5 Å². The molecule has 0 radical (unpaired) electrons. The molecule has 1 amide bonds. The molecule has 2 N–H and O–H groups in total. The summed E-state index contributed by atoms with van der Waals surface area (Å²) in [6.45, 7) is 7.16. The summed E-state index contributed by atoms with van der Waals surface area (Å²) in [5.41, 5.74) is 3.12. The van der Waals surface area contributed by atoms with E-state index in [0.717, 1.165) is 44.5 Å². The van der Waals surface area contributed by atoms with Gasteiger partial charge in [-0.2, -0.15) is 0 Å². The molecule has 0 saturated carbocycles. The molecule has 29 heavy (non-hydrogen) atoms. The van der Waals surface area contributed by atoms with Gasteiger partial charge in [0.2, 0.25) is 0 Å². The minimum Gasteiger partial charge on any atom is -0.496 e. The third-order valence-electron chi connectivity index (χ3n) is 5.86. The maximum Gasteiger partial charge on any atom is 0.303 e. The molecule has 0 aromatic heterocycles. The molecule has 7 heteroatoms. The summed E-state index contributed by atoms with van der Waals surface area (Å²) in [6, 6.07) is 10.2. The number of benzene rings is 2. The van der Waals surface area contributed by atoms with Crippen LogP contribution in [-0.2, 0) is 11.3 Å². The monoisotopic (exact) mass is 399 g/mol. The van der Waals surface area contributed by atoms with Crippen molar-refractivity contribution >= 4 is 17.4 Å². The van der Waals surface area contributed by atoms with Crippen molar-refractivity contribution in [1.29, 1.82) is 0 Å². The number of Topliss-reactive ketones (excluding diaryl/α,β-unsaturated/α-hetero) is 1. The molecule has 6 nitrogen and oxygen atoms in total. The van der Waals surface area contributed by atoms with E-state index in [9.17, 15) is 14.0 Å². The van der Waals surface area contributed by atoms with Gasteiger partial charge in [0.25, 0.3) is 5.78 Å². The summed E-state index contributed by atoms with van der Waals surface area (Å²) in [5.74, 6) is -0.752. The standard InChI is InChI=1S/C22H24FN3O3/c1-15-3-6-20(29-2)16(11-15)13-24-7-9-25(10-8-24)14-26-19-5-4-17(23)12-18(19)21(27)22(26)28/h3-6,11-12H,7-10,13-14H2,1-2H3/p+2. The number of anilines is 1. The number of amides is 1. The molecule has 1 fully saturated rings. The smallest absolute Gasteiger partial charge is 0.303 e. The van der Waals surface area contributed by atoms with Crippen molar-refractivity contribution in [3.63, 3.8) is 0 Å². The van der Waals surface area contributed by atoms with Crippen LogP contribution < -0.4 is 19.4 Å². The lowest BCUT2D eigenvalue weighted by Crippen LogP contribution is -3.28. The molecule has 2 heterocycles. The van der Waals surface area contributed by atoms with Crippen LogP contribution in [0.1, 0.15) is 21.5 Å². The largest absolute Gasteiger partial charge is 0.496 e. The summed E-state index contributed by atoms with van der Waals surface area (Å²) in [6.07, 6.45) is 0. The molecule has 2 aromatic carbocycles. The topological polar surface area (TPSA) is 55.5 Å². The van der Waals surface area contributed by atoms with Crippen molar-refractivity contribution in [2.45, 2.75) is 13.5 Å². The van der Waals surface area contributed by atoms with Gasteiger partial charge in [-0.1, -0.05) is 11.6 Å². The third kappa shape index (κ3) is 3.88. The van der Waals surface area contributed by atoms with Crippen LogP contribution >= 0.6 is 0 Å².